The number of hydrazine groups is 1. The maximum Gasteiger partial charge on any atom is 0.228 e. The van der Waals surface area contributed by atoms with Crippen molar-refractivity contribution in [3.05, 3.63) is 70.9 Å². The number of benzene rings is 1. The number of aromatic nitrogens is 1. The number of aryl methyl sites for hydroxylation is 1. The van der Waals surface area contributed by atoms with Crippen LogP contribution in [0.1, 0.15) is 29.3 Å². The average molecular weight is 408 g/mol. The van der Waals surface area contributed by atoms with Crippen LogP contribution in [0.2, 0.25) is 0 Å². The topological polar surface area (TPSA) is 57.7 Å². The number of carbonyl (C=O) groups is 1. The number of nitrogens with zero attached hydrogens (tertiary/aromatic N) is 3. The second-order valence-electron chi connectivity index (χ2n) is 8.13. The molecule has 2 unspecified atom stereocenters. The zero-order chi connectivity index (χ0) is 20.7. The van der Waals surface area contributed by atoms with Gasteiger partial charge in [-0.3, -0.25) is 9.78 Å². The number of piperazine rings is 1. The molecule has 156 valence electrons. The molecule has 6 nitrogen and oxygen atoms in total. The Hall–Kier alpha value is -2.77. The normalized spacial score (nSPS) is 23.8. The number of rotatable bonds is 3. The third kappa shape index (κ3) is 3.48. The maximum atomic E-state index is 13.5. The third-order valence-corrected chi connectivity index (χ3v) is 6.15. The van der Waals surface area contributed by atoms with Crippen LogP contribution in [-0.4, -0.2) is 53.6 Å². The summed E-state index contributed by atoms with van der Waals surface area (Å²) in [5.74, 6) is -0.111. The highest BCUT2D eigenvalue weighted by molar-refractivity contribution is 5.81. The van der Waals surface area contributed by atoms with E-state index in [0.29, 0.717) is 32.8 Å². The molecule has 3 aliphatic rings. The van der Waals surface area contributed by atoms with Gasteiger partial charge in [0.25, 0.3) is 0 Å². The Kier molecular flexibility index (Phi) is 5.00. The van der Waals surface area contributed by atoms with Crippen LogP contribution in [0.4, 0.5) is 4.39 Å². The number of amides is 1. The molecule has 5 rings (SSSR count). The highest BCUT2D eigenvalue weighted by Crippen LogP contribution is 2.40. The molecule has 3 aliphatic heterocycles. The van der Waals surface area contributed by atoms with Gasteiger partial charge in [0.05, 0.1) is 37.4 Å². The van der Waals surface area contributed by atoms with Gasteiger partial charge < -0.3 is 14.6 Å². The highest BCUT2D eigenvalue weighted by Gasteiger charge is 2.39. The van der Waals surface area contributed by atoms with Crippen molar-refractivity contribution < 1.29 is 13.9 Å². The monoisotopic (exact) mass is 408 g/mol. The molecule has 2 aromatic rings. The summed E-state index contributed by atoms with van der Waals surface area (Å²) in [6.07, 6.45) is 2.61. The molecule has 1 N–H and O–H groups in total. The molecular formula is C23H25FN4O2. The Balaban J connectivity index is 1.53. The van der Waals surface area contributed by atoms with Gasteiger partial charge in [-0.05, 0) is 48.7 Å². The van der Waals surface area contributed by atoms with Crippen LogP contribution in [0.15, 0.2) is 48.3 Å². The van der Waals surface area contributed by atoms with Gasteiger partial charge in [0.15, 0.2) is 0 Å². The molecule has 0 spiro atoms. The van der Waals surface area contributed by atoms with Crippen LogP contribution in [-0.2, 0) is 9.53 Å². The lowest BCUT2D eigenvalue weighted by atomic mass is 9.92. The molecule has 1 aromatic heterocycles. The second-order valence-corrected chi connectivity index (χ2v) is 8.13. The zero-order valence-electron chi connectivity index (χ0n) is 17.0. The van der Waals surface area contributed by atoms with Crippen LogP contribution in [0.25, 0.3) is 5.57 Å². The van der Waals surface area contributed by atoms with E-state index in [1.54, 1.807) is 0 Å². The van der Waals surface area contributed by atoms with Crippen molar-refractivity contribution in [1.82, 2.24) is 20.3 Å². The van der Waals surface area contributed by atoms with Crippen molar-refractivity contribution in [1.29, 1.82) is 0 Å². The van der Waals surface area contributed by atoms with Crippen LogP contribution >= 0.6 is 0 Å². The van der Waals surface area contributed by atoms with E-state index in [1.807, 2.05) is 36.2 Å². The van der Waals surface area contributed by atoms with Crippen molar-refractivity contribution >= 4 is 11.5 Å². The Morgan fingerprint density at radius 1 is 1.23 bits per heavy atom. The number of carbonyl (C=O) groups excluding carboxylic acids is 1. The van der Waals surface area contributed by atoms with Crippen molar-refractivity contribution in [2.24, 2.45) is 5.92 Å². The summed E-state index contributed by atoms with van der Waals surface area (Å²) in [7, 11) is 0. The summed E-state index contributed by atoms with van der Waals surface area (Å²) in [5, 5.41) is 2.15. The first-order chi connectivity index (χ1) is 14.6. The fourth-order valence-corrected chi connectivity index (χ4v) is 4.58. The van der Waals surface area contributed by atoms with Gasteiger partial charge >= 0.3 is 0 Å². The lowest BCUT2D eigenvalue weighted by Gasteiger charge is -2.36. The molecule has 1 aromatic carbocycles. The third-order valence-electron chi connectivity index (χ3n) is 6.15. The smallest absolute Gasteiger partial charge is 0.228 e. The SMILES string of the molecule is Cc1cc(C2=C3CN(C(=O)C4CCOC4)CCN3NC2c2ccc(F)cc2)ccn1. The molecule has 1 amide bonds. The molecule has 0 radical (unpaired) electrons. The molecular weight excluding hydrogens is 383 g/mol. The van der Waals surface area contributed by atoms with E-state index in [4.69, 9.17) is 4.74 Å². The molecule has 2 fully saturated rings. The van der Waals surface area contributed by atoms with Gasteiger partial charge in [0.2, 0.25) is 5.91 Å². The Morgan fingerprint density at radius 3 is 2.80 bits per heavy atom. The van der Waals surface area contributed by atoms with Crippen LogP contribution in [0.5, 0.6) is 0 Å². The number of nitrogens with one attached hydrogen (secondary N) is 1. The van der Waals surface area contributed by atoms with Crippen molar-refractivity contribution in [3.63, 3.8) is 0 Å². The van der Waals surface area contributed by atoms with Crippen LogP contribution < -0.4 is 5.43 Å². The molecule has 30 heavy (non-hydrogen) atoms. The number of hydrogen-bond donors (Lipinski definition) is 1. The summed E-state index contributed by atoms with van der Waals surface area (Å²) in [6, 6.07) is 10.6. The Bertz CT molecular complexity index is 985. The van der Waals surface area contributed by atoms with Gasteiger partial charge in [-0.1, -0.05) is 12.1 Å². The van der Waals surface area contributed by atoms with Gasteiger partial charge in [-0.15, -0.1) is 0 Å². The lowest BCUT2D eigenvalue weighted by molar-refractivity contribution is -0.136. The van der Waals surface area contributed by atoms with Crippen LogP contribution in [0, 0.1) is 18.7 Å². The Labute approximate surface area is 175 Å². The first-order valence-corrected chi connectivity index (χ1v) is 10.4. The van der Waals surface area contributed by atoms with Gasteiger partial charge in [-0.2, -0.15) is 0 Å². The first kappa shape index (κ1) is 19.2. The number of ether oxygens (including phenoxy) is 1. The largest absolute Gasteiger partial charge is 0.381 e. The predicted octanol–water partition coefficient (Wildman–Crippen LogP) is 2.68. The standard InChI is InChI=1S/C23H25FN4O2/c1-15-12-17(6-8-25-15)21-20-13-27(23(29)18-7-11-30-14-18)9-10-28(20)26-22(21)16-2-4-19(24)5-3-16/h2-6,8,12,18,22,26H,7,9-11,13-14H2,1H3. The molecule has 2 atom stereocenters. The minimum atomic E-state index is -0.251. The molecule has 2 saturated heterocycles. The summed E-state index contributed by atoms with van der Waals surface area (Å²) in [4.78, 5) is 19.3. The molecule has 4 heterocycles. The summed E-state index contributed by atoms with van der Waals surface area (Å²) >= 11 is 0. The van der Waals surface area contributed by atoms with E-state index in [1.165, 1.54) is 12.1 Å². The van der Waals surface area contributed by atoms with Crippen molar-refractivity contribution in [3.8, 4) is 0 Å². The highest BCUT2D eigenvalue weighted by atomic mass is 19.1. The fraction of sp³-hybridized carbons (Fsp3) is 0.391. The van der Waals surface area contributed by atoms with E-state index in [9.17, 15) is 9.18 Å². The number of halogens is 1. The number of hydrogen-bond acceptors (Lipinski definition) is 5. The molecule has 0 saturated carbocycles. The fourth-order valence-electron chi connectivity index (χ4n) is 4.58. The summed E-state index contributed by atoms with van der Waals surface area (Å²) in [6.45, 7) is 5.08. The molecule has 7 heteroatoms. The minimum Gasteiger partial charge on any atom is -0.381 e. The average Bonchev–Trinajstić information content (AvgIpc) is 3.41. The Morgan fingerprint density at radius 2 is 2.07 bits per heavy atom. The van der Waals surface area contributed by atoms with Gasteiger partial charge in [-0.25, -0.2) is 9.82 Å². The maximum absolute atomic E-state index is 13.5. The van der Waals surface area contributed by atoms with E-state index in [2.05, 4.69) is 21.5 Å². The molecule has 0 bridgehead atoms. The lowest BCUT2D eigenvalue weighted by Crippen LogP contribution is -2.51. The summed E-state index contributed by atoms with van der Waals surface area (Å²) < 4.78 is 18.9. The second kappa shape index (κ2) is 7.81. The summed E-state index contributed by atoms with van der Waals surface area (Å²) in [5.41, 5.74) is 8.78. The van der Waals surface area contributed by atoms with Crippen molar-refractivity contribution in [2.75, 3.05) is 32.8 Å². The number of pyridine rings is 1. The van der Waals surface area contributed by atoms with E-state index in [0.717, 1.165) is 34.5 Å². The van der Waals surface area contributed by atoms with Crippen molar-refractivity contribution in [2.45, 2.75) is 19.4 Å². The van der Waals surface area contributed by atoms with E-state index < -0.39 is 0 Å². The van der Waals surface area contributed by atoms with E-state index in [-0.39, 0.29) is 23.7 Å². The van der Waals surface area contributed by atoms with E-state index >= 15 is 0 Å². The van der Waals surface area contributed by atoms with Gasteiger partial charge in [0, 0.05) is 30.6 Å². The molecule has 0 aliphatic carbocycles. The first-order valence-electron chi connectivity index (χ1n) is 10.4. The minimum absolute atomic E-state index is 0.0361. The quantitative estimate of drug-likeness (QED) is 0.846. The predicted molar refractivity (Wildman–Crippen MR) is 110 cm³/mol. The van der Waals surface area contributed by atoms with Gasteiger partial charge in [0.1, 0.15) is 5.82 Å². The van der Waals surface area contributed by atoms with Crippen LogP contribution in [0.3, 0.4) is 0 Å². The number of fused-ring (bicyclic) bond motifs is 1. The zero-order valence-corrected chi connectivity index (χ0v) is 17.0.